The van der Waals surface area contributed by atoms with Crippen LogP contribution in [0.5, 0.6) is 0 Å². The molecule has 1 amide bonds. The fourth-order valence-electron chi connectivity index (χ4n) is 1.10. The standard InChI is InChI=1S/C10H20N2O4/c1-3-4-5-7(11)9(14)12-6-8(13)10(15)16-2/h7-8,13H,3-6,11H2,1-2H3,(H,12,14). The molecule has 0 aliphatic heterocycles. The normalized spacial score (nSPS) is 14.0. The first-order valence-electron chi connectivity index (χ1n) is 5.32. The van der Waals surface area contributed by atoms with Crippen molar-refractivity contribution in [1.82, 2.24) is 5.32 Å². The van der Waals surface area contributed by atoms with E-state index in [0.29, 0.717) is 6.42 Å². The summed E-state index contributed by atoms with van der Waals surface area (Å²) in [4.78, 5) is 22.2. The Morgan fingerprint density at radius 1 is 1.50 bits per heavy atom. The molecule has 0 aliphatic rings. The minimum absolute atomic E-state index is 0.175. The van der Waals surface area contributed by atoms with E-state index in [1.165, 1.54) is 7.11 Å². The molecule has 0 rings (SSSR count). The summed E-state index contributed by atoms with van der Waals surface area (Å²) in [6.07, 6.45) is 1.09. The molecule has 0 aromatic rings. The highest BCUT2D eigenvalue weighted by atomic mass is 16.5. The Morgan fingerprint density at radius 3 is 2.62 bits per heavy atom. The lowest BCUT2D eigenvalue weighted by molar-refractivity contribution is -0.150. The van der Waals surface area contributed by atoms with E-state index in [9.17, 15) is 14.7 Å². The second-order valence-corrected chi connectivity index (χ2v) is 3.53. The predicted molar refractivity (Wildman–Crippen MR) is 58.5 cm³/mol. The molecule has 4 N–H and O–H groups in total. The molecule has 0 aromatic heterocycles. The molecule has 6 nitrogen and oxygen atoms in total. The van der Waals surface area contributed by atoms with Crippen molar-refractivity contribution in [2.75, 3.05) is 13.7 Å². The molecule has 2 atom stereocenters. The number of hydrogen-bond acceptors (Lipinski definition) is 5. The van der Waals surface area contributed by atoms with Gasteiger partial charge in [0.05, 0.1) is 19.7 Å². The van der Waals surface area contributed by atoms with Crippen molar-refractivity contribution in [1.29, 1.82) is 0 Å². The largest absolute Gasteiger partial charge is 0.467 e. The molecule has 0 saturated heterocycles. The minimum atomic E-state index is -1.34. The molecular weight excluding hydrogens is 212 g/mol. The molecule has 6 heteroatoms. The lowest BCUT2D eigenvalue weighted by Gasteiger charge is -2.13. The summed E-state index contributed by atoms with van der Waals surface area (Å²) in [5, 5.41) is 11.6. The van der Waals surface area contributed by atoms with Crippen molar-refractivity contribution >= 4 is 11.9 Å². The van der Waals surface area contributed by atoms with Gasteiger partial charge in [-0.15, -0.1) is 0 Å². The Bertz CT molecular complexity index is 233. The van der Waals surface area contributed by atoms with Crippen LogP contribution in [-0.2, 0) is 14.3 Å². The average Bonchev–Trinajstić information content (AvgIpc) is 2.31. The molecule has 94 valence electrons. The van der Waals surface area contributed by atoms with Gasteiger partial charge in [-0.3, -0.25) is 4.79 Å². The van der Waals surface area contributed by atoms with Crippen molar-refractivity contribution in [3.05, 3.63) is 0 Å². The molecular formula is C10H20N2O4. The van der Waals surface area contributed by atoms with Gasteiger partial charge < -0.3 is 20.9 Å². The summed E-state index contributed by atoms with van der Waals surface area (Å²) in [6, 6.07) is -0.593. The number of nitrogens with two attached hydrogens (primary N) is 1. The second kappa shape index (κ2) is 8.06. The molecule has 16 heavy (non-hydrogen) atoms. The van der Waals surface area contributed by atoms with Gasteiger partial charge in [-0.2, -0.15) is 0 Å². The van der Waals surface area contributed by atoms with Crippen LogP contribution in [0.25, 0.3) is 0 Å². The molecule has 2 unspecified atom stereocenters. The molecule has 0 aliphatic carbocycles. The molecule has 0 radical (unpaired) electrons. The highest BCUT2D eigenvalue weighted by molar-refractivity contribution is 5.82. The van der Waals surface area contributed by atoms with Gasteiger partial charge in [0.2, 0.25) is 5.91 Å². The number of esters is 1. The number of aliphatic hydroxyl groups is 1. The molecule has 0 saturated carbocycles. The quantitative estimate of drug-likeness (QED) is 0.496. The van der Waals surface area contributed by atoms with Gasteiger partial charge >= 0.3 is 5.97 Å². The Kier molecular flexibility index (Phi) is 7.49. The third-order valence-corrected chi connectivity index (χ3v) is 2.15. The summed E-state index contributed by atoms with van der Waals surface area (Å²) in [7, 11) is 1.17. The topological polar surface area (TPSA) is 102 Å². The first-order chi connectivity index (χ1) is 7.52. The number of nitrogens with one attached hydrogen (secondary N) is 1. The number of carbonyl (C=O) groups excluding carboxylic acids is 2. The van der Waals surface area contributed by atoms with Gasteiger partial charge in [-0.1, -0.05) is 19.8 Å². The third-order valence-electron chi connectivity index (χ3n) is 2.15. The van der Waals surface area contributed by atoms with E-state index in [4.69, 9.17) is 5.73 Å². The maximum Gasteiger partial charge on any atom is 0.336 e. The minimum Gasteiger partial charge on any atom is -0.467 e. The first-order valence-corrected chi connectivity index (χ1v) is 5.32. The van der Waals surface area contributed by atoms with E-state index in [2.05, 4.69) is 10.1 Å². The maximum absolute atomic E-state index is 11.4. The number of hydrogen-bond donors (Lipinski definition) is 3. The van der Waals surface area contributed by atoms with Gasteiger partial charge in [0.1, 0.15) is 0 Å². The Morgan fingerprint density at radius 2 is 2.12 bits per heavy atom. The lowest BCUT2D eigenvalue weighted by atomic mass is 10.1. The van der Waals surface area contributed by atoms with Crippen LogP contribution in [0, 0.1) is 0 Å². The summed E-state index contributed by atoms with van der Waals surface area (Å²) in [5.41, 5.74) is 5.59. The van der Waals surface area contributed by atoms with E-state index < -0.39 is 18.1 Å². The van der Waals surface area contributed by atoms with Crippen molar-refractivity contribution in [2.24, 2.45) is 5.73 Å². The number of ether oxygens (including phenoxy) is 1. The average molecular weight is 232 g/mol. The van der Waals surface area contributed by atoms with Crippen molar-refractivity contribution in [3.63, 3.8) is 0 Å². The van der Waals surface area contributed by atoms with Crippen LogP contribution in [0.4, 0.5) is 0 Å². The molecule has 0 spiro atoms. The Labute approximate surface area is 95.1 Å². The summed E-state index contributed by atoms with van der Waals surface area (Å²) < 4.78 is 4.30. The predicted octanol–water partition coefficient (Wildman–Crippen LogP) is -0.846. The zero-order valence-corrected chi connectivity index (χ0v) is 9.73. The third kappa shape index (κ3) is 5.67. The van der Waals surface area contributed by atoms with E-state index in [1.807, 2.05) is 6.92 Å². The summed E-state index contributed by atoms with van der Waals surface area (Å²) in [5.74, 6) is -1.14. The number of unbranched alkanes of at least 4 members (excludes halogenated alkanes) is 1. The van der Waals surface area contributed by atoms with Gasteiger partial charge in [0.25, 0.3) is 0 Å². The number of amides is 1. The zero-order chi connectivity index (χ0) is 12.6. The van der Waals surface area contributed by atoms with Crippen LogP contribution < -0.4 is 11.1 Å². The van der Waals surface area contributed by atoms with E-state index in [1.54, 1.807) is 0 Å². The Balaban J connectivity index is 3.83. The number of aliphatic hydroxyl groups excluding tert-OH is 1. The number of methoxy groups -OCH3 is 1. The van der Waals surface area contributed by atoms with Gasteiger partial charge in [0, 0.05) is 0 Å². The monoisotopic (exact) mass is 232 g/mol. The molecule has 0 bridgehead atoms. The lowest BCUT2D eigenvalue weighted by Crippen LogP contribution is -2.45. The highest BCUT2D eigenvalue weighted by Crippen LogP contribution is 1.98. The van der Waals surface area contributed by atoms with E-state index in [0.717, 1.165) is 12.8 Å². The van der Waals surface area contributed by atoms with Gasteiger partial charge in [0.15, 0.2) is 6.10 Å². The number of rotatable bonds is 7. The highest BCUT2D eigenvalue weighted by Gasteiger charge is 2.18. The van der Waals surface area contributed by atoms with Crippen LogP contribution in [0.2, 0.25) is 0 Å². The SMILES string of the molecule is CCCCC(N)C(=O)NCC(O)C(=O)OC. The van der Waals surface area contributed by atoms with Crippen LogP contribution in [0.3, 0.4) is 0 Å². The zero-order valence-electron chi connectivity index (χ0n) is 9.73. The van der Waals surface area contributed by atoms with Crippen LogP contribution in [-0.4, -0.2) is 42.8 Å². The maximum atomic E-state index is 11.4. The summed E-state index contributed by atoms with van der Waals surface area (Å²) in [6.45, 7) is 1.83. The molecule has 0 aromatic carbocycles. The summed E-state index contributed by atoms with van der Waals surface area (Å²) >= 11 is 0. The first kappa shape index (κ1) is 14.9. The van der Waals surface area contributed by atoms with Crippen molar-refractivity contribution < 1.29 is 19.4 Å². The van der Waals surface area contributed by atoms with Crippen LogP contribution in [0.15, 0.2) is 0 Å². The smallest absolute Gasteiger partial charge is 0.336 e. The van der Waals surface area contributed by atoms with Crippen LogP contribution >= 0.6 is 0 Å². The van der Waals surface area contributed by atoms with Crippen molar-refractivity contribution in [2.45, 2.75) is 38.3 Å². The molecule has 0 heterocycles. The number of carbonyl (C=O) groups is 2. The Hall–Kier alpha value is -1.14. The second-order valence-electron chi connectivity index (χ2n) is 3.53. The molecule has 0 fully saturated rings. The van der Waals surface area contributed by atoms with Crippen molar-refractivity contribution in [3.8, 4) is 0 Å². The van der Waals surface area contributed by atoms with E-state index >= 15 is 0 Å². The van der Waals surface area contributed by atoms with E-state index in [-0.39, 0.29) is 12.5 Å². The van der Waals surface area contributed by atoms with Gasteiger partial charge in [-0.25, -0.2) is 4.79 Å². The van der Waals surface area contributed by atoms with Crippen LogP contribution in [0.1, 0.15) is 26.2 Å². The fraction of sp³-hybridized carbons (Fsp3) is 0.800. The van der Waals surface area contributed by atoms with Gasteiger partial charge in [-0.05, 0) is 6.42 Å². The fourth-order valence-corrected chi connectivity index (χ4v) is 1.10.